The van der Waals surface area contributed by atoms with E-state index in [9.17, 15) is 9.59 Å². The zero-order chi connectivity index (χ0) is 21.0. The van der Waals surface area contributed by atoms with Crippen molar-refractivity contribution in [2.75, 3.05) is 11.9 Å². The normalized spacial score (nSPS) is 10.4. The van der Waals surface area contributed by atoms with Crippen LogP contribution in [-0.4, -0.2) is 23.1 Å². The molecule has 0 aliphatic rings. The quantitative estimate of drug-likeness (QED) is 0.616. The van der Waals surface area contributed by atoms with Crippen LogP contribution in [0.4, 0.5) is 5.69 Å². The fourth-order valence-corrected chi connectivity index (χ4v) is 3.12. The first kappa shape index (κ1) is 20.2. The summed E-state index contributed by atoms with van der Waals surface area (Å²) >= 11 is 5.94. The number of hydrogen-bond acceptors (Lipinski definition) is 5. The monoisotopic (exact) mass is 411 g/mol. The number of halogens is 1. The van der Waals surface area contributed by atoms with Gasteiger partial charge in [-0.15, -0.1) is 0 Å². The van der Waals surface area contributed by atoms with Crippen LogP contribution in [0, 0.1) is 25.2 Å². The van der Waals surface area contributed by atoms with Crippen LogP contribution in [-0.2, 0) is 16.1 Å². The first-order chi connectivity index (χ1) is 13.9. The molecule has 1 amide bonds. The Morgan fingerprint density at radius 3 is 2.72 bits per heavy atom. The van der Waals surface area contributed by atoms with Crippen molar-refractivity contribution in [2.45, 2.75) is 20.4 Å². The number of nitriles is 1. The maximum absolute atomic E-state index is 12.4. The van der Waals surface area contributed by atoms with Crippen LogP contribution in [0.3, 0.4) is 0 Å². The largest absolute Gasteiger partial charge is 0.467 e. The van der Waals surface area contributed by atoms with E-state index < -0.39 is 18.5 Å². The Bertz CT molecular complexity index is 1090. The predicted molar refractivity (Wildman–Crippen MR) is 107 cm³/mol. The van der Waals surface area contributed by atoms with Gasteiger partial charge >= 0.3 is 5.97 Å². The molecule has 0 aliphatic heterocycles. The average Bonchev–Trinajstić information content (AvgIpc) is 3.30. The summed E-state index contributed by atoms with van der Waals surface area (Å²) in [5.74, 6) is -0.326. The highest BCUT2D eigenvalue weighted by molar-refractivity contribution is 6.32. The Morgan fingerprint density at radius 1 is 1.28 bits per heavy atom. The van der Waals surface area contributed by atoms with E-state index in [1.54, 1.807) is 24.5 Å². The lowest BCUT2D eigenvalue weighted by atomic mass is 10.2. The van der Waals surface area contributed by atoms with Crippen molar-refractivity contribution in [3.8, 4) is 6.07 Å². The fourth-order valence-electron chi connectivity index (χ4n) is 2.90. The van der Waals surface area contributed by atoms with Crippen LogP contribution in [0.5, 0.6) is 0 Å². The van der Waals surface area contributed by atoms with Crippen LogP contribution in [0.1, 0.15) is 33.1 Å². The lowest BCUT2D eigenvalue weighted by Crippen LogP contribution is -2.21. The molecular formula is C21H18ClN3O4. The molecule has 0 atom stereocenters. The molecule has 0 bridgehead atoms. The Hall–Kier alpha value is -3.50. The summed E-state index contributed by atoms with van der Waals surface area (Å²) in [4.78, 5) is 24.5. The summed E-state index contributed by atoms with van der Waals surface area (Å²) in [6, 6.07) is 11.8. The third kappa shape index (κ3) is 4.68. The zero-order valence-corrected chi connectivity index (χ0v) is 16.6. The molecule has 0 unspecified atom stereocenters. The third-order valence-corrected chi connectivity index (χ3v) is 4.71. The van der Waals surface area contributed by atoms with Gasteiger partial charge in [0.15, 0.2) is 6.61 Å². The van der Waals surface area contributed by atoms with Crippen molar-refractivity contribution in [1.29, 1.82) is 5.26 Å². The molecule has 8 heteroatoms. The molecule has 0 saturated heterocycles. The molecule has 0 saturated carbocycles. The molecule has 7 nitrogen and oxygen atoms in total. The Kier molecular flexibility index (Phi) is 6.05. The number of carbonyl (C=O) groups is 2. The van der Waals surface area contributed by atoms with Gasteiger partial charge in [0, 0.05) is 17.1 Å². The molecule has 148 valence electrons. The molecule has 0 aliphatic carbocycles. The van der Waals surface area contributed by atoms with E-state index in [2.05, 4.69) is 5.32 Å². The van der Waals surface area contributed by atoms with Crippen molar-refractivity contribution in [3.05, 3.63) is 76.0 Å². The lowest BCUT2D eigenvalue weighted by Gasteiger charge is -2.09. The Balaban J connectivity index is 1.61. The van der Waals surface area contributed by atoms with Crippen molar-refractivity contribution in [1.82, 2.24) is 4.57 Å². The van der Waals surface area contributed by atoms with Crippen LogP contribution >= 0.6 is 11.6 Å². The van der Waals surface area contributed by atoms with Gasteiger partial charge in [-0.05, 0) is 50.2 Å². The van der Waals surface area contributed by atoms with Gasteiger partial charge in [-0.25, -0.2) is 4.79 Å². The molecule has 1 N–H and O–H groups in total. The van der Waals surface area contributed by atoms with Crippen molar-refractivity contribution >= 4 is 29.2 Å². The van der Waals surface area contributed by atoms with Gasteiger partial charge in [0.2, 0.25) is 0 Å². The highest BCUT2D eigenvalue weighted by Gasteiger charge is 2.19. The lowest BCUT2D eigenvalue weighted by molar-refractivity contribution is -0.119. The van der Waals surface area contributed by atoms with E-state index in [4.69, 9.17) is 26.0 Å². The van der Waals surface area contributed by atoms with Gasteiger partial charge in [0.25, 0.3) is 5.91 Å². The summed E-state index contributed by atoms with van der Waals surface area (Å²) in [5.41, 5.74) is 2.71. The standard InChI is InChI=1S/C21H18ClN3O4/c1-13-8-18(14(2)25(13)11-17-4-3-7-28-17)21(27)29-12-20(26)24-16-6-5-15(10-23)19(22)9-16/h3-9H,11-12H2,1-2H3,(H,24,26). The summed E-state index contributed by atoms with van der Waals surface area (Å²) < 4.78 is 12.4. The fraction of sp³-hybridized carbons (Fsp3) is 0.190. The van der Waals surface area contributed by atoms with Crippen LogP contribution in [0.2, 0.25) is 5.02 Å². The SMILES string of the molecule is Cc1cc(C(=O)OCC(=O)Nc2ccc(C#N)c(Cl)c2)c(C)n1Cc1ccco1. The van der Waals surface area contributed by atoms with Gasteiger partial charge in [-0.2, -0.15) is 5.26 Å². The predicted octanol–water partition coefficient (Wildman–Crippen LogP) is 4.07. The Morgan fingerprint density at radius 2 is 2.07 bits per heavy atom. The third-order valence-electron chi connectivity index (χ3n) is 4.40. The number of esters is 1. The van der Waals surface area contributed by atoms with E-state index in [0.29, 0.717) is 23.4 Å². The van der Waals surface area contributed by atoms with Crippen molar-refractivity contribution < 1.29 is 18.7 Å². The van der Waals surface area contributed by atoms with Crippen LogP contribution in [0.25, 0.3) is 0 Å². The van der Waals surface area contributed by atoms with E-state index in [1.807, 2.05) is 30.6 Å². The molecule has 3 aromatic rings. The number of amides is 1. The summed E-state index contributed by atoms with van der Waals surface area (Å²) in [5, 5.41) is 11.7. The molecule has 29 heavy (non-hydrogen) atoms. The minimum Gasteiger partial charge on any atom is -0.467 e. The summed E-state index contributed by atoms with van der Waals surface area (Å²) in [6.45, 7) is 3.75. The second kappa shape index (κ2) is 8.67. The van der Waals surface area contributed by atoms with Gasteiger partial charge < -0.3 is 19.0 Å². The molecule has 0 radical (unpaired) electrons. The molecule has 1 aromatic carbocycles. The number of nitrogens with zero attached hydrogens (tertiary/aromatic N) is 2. The smallest absolute Gasteiger partial charge is 0.340 e. The number of rotatable bonds is 6. The van der Waals surface area contributed by atoms with Gasteiger partial charge in [-0.3, -0.25) is 4.79 Å². The molecule has 0 fully saturated rings. The number of carbonyl (C=O) groups excluding carboxylic acids is 2. The number of benzene rings is 1. The maximum atomic E-state index is 12.4. The van der Waals surface area contributed by atoms with E-state index in [1.165, 1.54) is 12.1 Å². The topological polar surface area (TPSA) is 97.3 Å². The van der Waals surface area contributed by atoms with Crippen molar-refractivity contribution in [2.24, 2.45) is 0 Å². The Labute approximate surface area is 172 Å². The van der Waals surface area contributed by atoms with Crippen LogP contribution < -0.4 is 5.32 Å². The number of aryl methyl sites for hydroxylation is 1. The molecule has 2 aromatic heterocycles. The molecule has 2 heterocycles. The highest BCUT2D eigenvalue weighted by atomic mass is 35.5. The number of nitrogens with one attached hydrogen (secondary N) is 1. The average molecular weight is 412 g/mol. The number of furan rings is 1. The first-order valence-electron chi connectivity index (χ1n) is 8.74. The van der Waals surface area contributed by atoms with E-state index in [-0.39, 0.29) is 5.02 Å². The highest BCUT2D eigenvalue weighted by Crippen LogP contribution is 2.21. The summed E-state index contributed by atoms with van der Waals surface area (Å²) in [7, 11) is 0. The molecule has 3 rings (SSSR count). The van der Waals surface area contributed by atoms with Gasteiger partial charge in [-0.1, -0.05) is 11.6 Å². The van der Waals surface area contributed by atoms with Gasteiger partial charge in [0.05, 0.1) is 29.0 Å². The minimum absolute atomic E-state index is 0.228. The first-order valence-corrected chi connectivity index (χ1v) is 9.12. The van der Waals surface area contributed by atoms with E-state index >= 15 is 0 Å². The number of aromatic nitrogens is 1. The maximum Gasteiger partial charge on any atom is 0.340 e. The number of hydrogen-bond donors (Lipinski definition) is 1. The minimum atomic E-state index is -0.586. The second-order valence-corrected chi connectivity index (χ2v) is 6.79. The molecular weight excluding hydrogens is 394 g/mol. The van der Waals surface area contributed by atoms with Gasteiger partial charge in [0.1, 0.15) is 11.8 Å². The number of ether oxygens (including phenoxy) is 1. The van der Waals surface area contributed by atoms with Crippen molar-refractivity contribution in [3.63, 3.8) is 0 Å². The second-order valence-electron chi connectivity index (χ2n) is 6.38. The van der Waals surface area contributed by atoms with E-state index in [0.717, 1.165) is 17.1 Å². The van der Waals surface area contributed by atoms with Crippen LogP contribution in [0.15, 0.2) is 47.1 Å². The summed E-state index contributed by atoms with van der Waals surface area (Å²) in [6.07, 6.45) is 1.60. The zero-order valence-electron chi connectivity index (χ0n) is 15.9. The number of anilines is 1. The molecule has 0 spiro atoms.